The highest BCUT2D eigenvalue weighted by atomic mass is 19.3. The molecule has 0 aromatic heterocycles. The van der Waals surface area contributed by atoms with E-state index in [-0.39, 0.29) is 30.7 Å². The Bertz CT molecular complexity index is 814. The molecule has 2 amide bonds. The number of hydrogen-bond acceptors (Lipinski definition) is 3. The van der Waals surface area contributed by atoms with E-state index >= 15 is 0 Å². The number of rotatable bonds is 6. The third-order valence-electron chi connectivity index (χ3n) is 4.53. The van der Waals surface area contributed by atoms with Gasteiger partial charge in [-0.05, 0) is 11.6 Å². The Morgan fingerprint density at radius 3 is 2.44 bits per heavy atom. The Labute approximate surface area is 156 Å². The molecule has 1 fully saturated rings. The molecule has 0 N–H and O–H groups in total. The van der Waals surface area contributed by atoms with Gasteiger partial charge in [0.25, 0.3) is 0 Å². The quantitative estimate of drug-likeness (QED) is 0.781. The van der Waals surface area contributed by atoms with Crippen molar-refractivity contribution in [3.8, 4) is 5.75 Å². The number of halogens is 2. The van der Waals surface area contributed by atoms with Crippen molar-refractivity contribution in [3.63, 3.8) is 0 Å². The maximum absolute atomic E-state index is 12.7. The minimum atomic E-state index is -2.96. The van der Waals surface area contributed by atoms with Crippen LogP contribution in [0.2, 0.25) is 0 Å². The van der Waals surface area contributed by atoms with Gasteiger partial charge in [0.1, 0.15) is 11.8 Å². The van der Waals surface area contributed by atoms with E-state index in [4.69, 9.17) is 0 Å². The van der Waals surface area contributed by atoms with E-state index in [0.717, 1.165) is 5.56 Å². The van der Waals surface area contributed by atoms with Crippen molar-refractivity contribution in [3.05, 3.63) is 65.7 Å². The van der Waals surface area contributed by atoms with Crippen LogP contribution in [0.4, 0.5) is 8.78 Å². The predicted octanol–water partition coefficient (Wildman–Crippen LogP) is 2.70. The molecule has 1 heterocycles. The summed E-state index contributed by atoms with van der Waals surface area (Å²) in [7, 11) is 1.59. The van der Waals surface area contributed by atoms with Gasteiger partial charge >= 0.3 is 6.61 Å². The van der Waals surface area contributed by atoms with Crippen molar-refractivity contribution in [1.29, 1.82) is 0 Å². The number of amides is 2. The van der Waals surface area contributed by atoms with Crippen molar-refractivity contribution in [1.82, 2.24) is 9.80 Å². The lowest BCUT2D eigenvalue weighted by Crippen LogP contribution is -2.59. The van der Waals surface area contributed by atoms with Gasteiger partial charge in [-0.1, -0.05) is 48.5 Å². The number of nitrogens with zero attached hydrogens (tertiary/aromatic N) is 2. The average Bonchev–Trinajstić information content (AvgIpc) is 2.64. The summed E-state index contributed by atoms with van der Waals surface area (Å²) in [5.41, 5.74) is 1.35. The van der Waals surface area contributed by atoms with Crippen LogP contribution in [0.1, 0.15) is 11.1 Å². The second kappa shape index (κ2) is 8.16. The minimum Gasteiger partial charge on any atom is -0.434 e. The molecule has 0 aliphatic carbocycles. The number of piperazine rings is 1. The van der Waals surface area contributed by atoms with Crippen LogP contribution < -0.4 is 4.74 Å². The lowest BCUT2D eigenvalue weighted by molar-refractivity contribution is -0.155. The summed E-state index contributed by atoms with van der Waals surface area (Å²) in [5.74, 6) is -0.402. The molecule has 27 heavy (non-hydrogen) atoms. The Morgan fingerprint density at radius 1 is 1.07 bits per heavy atom. The molecular weight excluding hydrogens is 354 g/mol. The Morgan fingerprint density at radius 2 is 1.74 bits per heavy atom. The number of alkyl halides is 2. The average molecular weight is 374 g/mol. The molecule has 0 bridgehead atoms. The molecule has 0 spiro atoms. The topological polar surface area (TPSA) is 49.9 Å². The smallest absolute Gasteiger partial charge is 0.387 e. The van der Waals surface area contributed by atoms with Gasteiger partial charge in [-0.15, -0.1) is 0 Å². The van der Waals surface area contributed by atoms with E-state index in [1.165, 1.54) is 15.9 Å². The van der Waals surface area contributed by atoms with E-state index in [9.17, 15) is 18.4 Å². The number of ether oxygens (including phenoxy) is 1. The first-order valence-electron chi connectivity index (χ1n) is 8.57. The van der Waals surface area contributed by atoms with Crippen LogP contribution in [0.15, 0.2) is 54.6 Å². The zero-order chi connectivity index (χ0) is 19.4. The van der Waals surface area contributed by atoms with Crippen LogP contribution in [0.25, 0.3) is 0 Å². The fraction of sp³-hybridized carbons (Fsp3) is 0.300. The number of para-hydroxylation sites is 1. The predicted molar refractivity (Wildman–Crippen MR) is 95.2 cm³/mol. The van der Waals surface area contributed by atoms with Crippen LogP contribution in [0, 0.1) is 0 Å². The molecule has 3 rings (SSSR count). The molecule has 5 nitrogen and oxygen atoms in total. The summed E-state index contributed by atoms with van der Waals surface area (Å²) in [6.45, 7) is -2.98. The molecule has 1 atom stereocenters. The third kappa shape index (κ3) is 4.42. The zero-order valence-corrected chi connectivity index (χ0v) is 14.8. The Kier molecular flexibility index (Phi) is 5.69. The highest BCUT2D eigenvalue weighted by molar-refractivity contribution is 5.94. The summed E-state index contributed by atoms with van der Waals surface area (Å²) >= 11 is 0. The van der Waals surface area contributed by atoms with E-state index in [1.807, 2.05) is 30.3 Å². The minimum absolute atomic E-state index is 0.00476. The van der Waals surface area contributed by atoms with Gasteiger partial charge in [0.2, 0.25) is 11.8 Å². The zero-order valence-electron chi connectivity index (χ0n) is 14.8. The molecule has 0 saturated carbocycles. The summed E-state index contributed by atoms with van der Waals surface area (Å²) in [5, 5.41) is 0. The number of carbonyl (C=O) groups is 2. The molecule has 1 aliphatic rings. The molecular formula is C20H20F2N2O3. The maximum atomic E-state index is 12.7. The first kappa shape index (κ1) is 18.8. The molecule has 0 unspecified atom stereocenters. The molecule has 2 aromatic carbocycles. The van der Waals surface area contributed by atoms with Crippen molar-refractivity contribution in [2.45, 2.75) is 25.6 Å². The molecule has 1 aliphatic heterocycles. The summed E-state index contributed by atoms with van der Waals surface area (Å²) in [6, 6.07) is 15.0. The summed E-state index contributed by atoms with van der Waals surface area (Å²) in [6.07, 6.45) is 0.355. The summed E-state index contributed by atoms with van der Waals surface area (Å²) < 4.78 is 29.9. The van der Waals surface area contributed by atoms with Gasteiger partial charge in [-0.25, -0.2) is 0 Å². The first-order valence-corrected chi connectivity index (χ1v) is 8.57. The lowest BCUT2D eigenvalue weighted by Gasteiger charge is -2.39. The van der Waals surface area contributed by atoms with Gasteiger partial charge in [-0.3, -0.25) is 9.59 Å². The van der Waals surface area contributed by atoms with Gasteiger partial charge < -0.3 is 14.5 Å². The first-order chi connectivity index (χ1) is 13.0. The van der Waals surface area contributed by atoms with Crippen LogP contribution >= 0.6 is 0 Å². The molecule has 2 aromatic rings. The SMILES string of the molecule is CN1CC(=O)N(Cc2ccccc2OC(F)F)[C@H](Cc2ccccc2)C1=O. The maximum Gasteiger partial charge on any atom is 0.387 e. The van der Waals surface area contributed by atoms with Crippen molar-refractivity contribution in [2.24, 2.45) is 0 Å². The Balaban J connectivity index is 1.88. The van der Waals surface area contributed by atoms with Crippen LogP contribution in [0.5, 0.6) is 5.75 Å². The van der Waals surface area contributed by atoms with Crippen molar-refractivity contribution < 1.29 is 23.1 Å². The van der Waals surface area contributed by atoms with Crippen molar-refractivity contribution >= 4 is 11.8 Å². The fourth-order valence-electron chi connectivity index (χ4n) is 3.20. The molecule has 142 valence electrons. The number of hydrogen-bond donors (Lipinski definition) is 0. The van der Waals surface area contributed by atoms with Crippen molar-refractivity contribution in [2.75, 3.05) is 13.6 Å². The van der Waals surface area contributed by atoms with Gasteiger partial charge in [0.05, 0.1) is 13.1 Å². The van der Waals surface area contributed by atoms with Crippen LogP contribution in [0.3, 0.4) is 0 Å². The Hall–Kier alpha value is -2.96. The fourth-order valence-corrected chi connectivity index (χ4v) is 3.20. The number of benzene rings is 2. The second-order valence-corrected chi connectivity index (χ2v) is 6.41. The lowest BCUT2D eigenvalue weighted by atomic mass is 10.00. The van der Waals surface area contributed by atoms with Gasteiger partial charge in [-0.2, -0.15) is 8.78 Å². The largest absolute Gasteiger partial charge is 0.434 e. The summed E-state index contributed by atoms with van der Waals surface area (Å²) in [4.78, 5) is 28.2. The van der Waals surface area contributed by atoms with E-state index in [0.29, 0.717) is 12.0 Å². The van der Waals surface area contributed by atoms with Crippen LogP contribution in [-0.4, -0.2) is 47.9 Å². The van der Waals surface area contributed by atoms with E-state index in [2.05, 4.69) is 4.74 Å². The molecule has 7 heteroatoms. The van der Waals surface area contributed by atoms with Crippen LogP contribution in [-0.2, 0) is 22.6 Å². The highest BCUT2D eigenvalue weighted by Crippen LogP contribution is 2.25. The third-order valence-corrected chi connectivity index (χ3v) is 4.53. The standard InChI is InChI=1S/C20H20F2N2O3/c1-23-13-18(25)24(12-15-9-5-6-10-17(15)27-20(21)22)16(19(23)26)11-14-7-3-2-4-8-14/h2-10,16,20H,11-13H2,1H3/t16-/m1/s1. The highest BCUT2D eigenvalue weighted by Gasteiger charge is 2.38. The normalized spacial score (nSPS) is 17.6. The van der Waals surface area contributed by atoms with E-state index < -0.39 is 12.7 Å². The second-order valence-electron chi connectivity index (χ2n) is 6.41. The molecule has 1 saturated heterocycles. The van der Waals surface area contributed by atoms with Gasteiger partial charge in [0.15, 0.2) is 0 Å². The number of likely N-dealkylation sites (N-methyl/N-ethyl adjacent to an activating group) is 1. The van der Waals surface area contributed by atoms with E-state index in [1.54, 1.807) is 25.2 Å². The monoisotopic (exact) mass is 374 g/mol. The number of carbonyl (C=O) groups excluding carboxylic acids is 2. The molecule has 0 radical (unpaired) electrons. The van der Waals surface area contributed by atoms with Gasteiger partial charge in [0, 0.05) is 19.0 Å².